The van der Waals surface area contributed by atoms with Crippen LogP contribution in [0, 0.1) is 25.6 Å². The Bertz CT molecular complexity index is 1830. The monoisotopic (exact) mass is 818 g/mol. The number of phosphoric acid groups is 2. The molecule has 2 atom stereocenters. The summed E-state index contributed by atoms with van der Waals surface area (Å²) in [6.07, 6.45) is -16.1. The summed E-state index contributed by atoms with van der Waals surface area (Å²) in [5, 5.41) is 0. The van der Waals surface area contributed by atoms with Crippen molar-refractivity contribution < 1.29 is 82.8 Å². The molecule has 4 N–H and O–H groups in total. The molecule has 0 saturated heterocycles. The van der Waals surface area contributed by atoms with Gasteiger partial charge in [0, 0.05) is 0 Å². The van der Waals surface area contributed by atoms with Crippen LogP contribution in [0.15, 0.2) is 48.5 Å². The van der Waals surface area contributed by atoms with E-state index in [2.05, 4.69) is 9.05 Å². The number of hydrogen-bond donors (Lipinski definition) is 4. The van der Waals surface area contributed by atoms with Crippen LogP contribution in [0.2, 0.25) is 0 Å². The molecule has 0 spiro atoms. The number of hydrogen-bond acceptors (Lipinski definition) is 7. The molecule has 0 fully saturated rings. The number of carbonyl (C=O) groups excluding carboxylic acids is 1. The molecule has 0 heterocycles. The average Bonchev–Trinajstić information content (AvgIpc) is 3.02. The number of ether oxygens (including phenoxy) is 2. The van der Waals surface area contributed by atoms with E-state index in [1.54, 1.807) is 26.0 Å². The maximum Gasteiger partial charge on any atom is 0.509 e. The third-order valence-corrected chi connectivity index (χ3v) is 9.16. The first-order valence-corrected chi connectivity index (χ1v) is 19.2. The van der Waals surface area contributed by atoms with E-state index in [1.165, 1.54) is 13.0 Å². The lowest BCUT2D eigenvalue weighted by molar-refractivity contribution is -0.143. The smallest absolute Gasteiger partial charge is 0.426 e. The third kappa shape index (κ3) is 13.4. The van der Waals surface area contributed by atoms with Gasteiger partial charge in [-0.2, -0.15) is 26.3 Å². The summed E-state index contributed by atoms with van der Waals surface area (Å²) in [7, 11) is -10.5. The van der Waals surface area contributed by atoms with Crippen molar-refractivity contribution in [3.8, 4) is 11.1 Å². The summed E-state index contributed by atoms with van der Waals surface area (Å²) in [6.45, 7) is 6.06. The van der Waals surface area contributed by atoms with Gasteiger partial charge in [0.2, 0.25) is 0 Å². The van der Waals surface area contributed by atoms with E-state index >= 15 is 0 Å². The summed E-state index contributed by atoms with van der Waals surface area (Å²) in [5.41, 5.74) is -0.265. The Hall–Kier alpha value is -3.34. The molecule has 0 aliphatic carbocycles. The summed E-state index contributed by atoms with van der Waals surface area (Å²) in [6, 6.07) is 9.13. The predicted molar refractivity (Wildman–Crippen MR) is 179 cm³/mol. The van der Waals surface area contributed by atoms with Crippen molar-refractivity contribution in [2.45, 2.75) is 77.9 Å². The number of alkyl halides is 6. The quantitative estimate of drug-likeness (QED) is 0.0655. The molecule has 0 saturated carbocycles. The maximum atomic E-state index is 14.8. The van der Waals surface area contributed by atoms with Crippen LogP contribution in [0.1, 0.15) is 78.2 Å². The fourth-order valence-corrected chi connectivity index (χ4v) is 6.27. The van der Waals surface area contributed by atoms with Gasteiger partial charge in [0.05, 0.1) is 24.3 Å². The molecule has 0 radical (unpaired) electrons. The lowest BCUT2D eigenvalue weighted by atomic mass is 9.86. The van der Waals surface area contributed by atoms with Gasteiger partial charge in [0.15, 0.2) is 6.10 Å². The summed E-state index contributed by atoms with van der Waals surface area (Å²) in [5.74, 6) is -1.63. The highest BCUT2D eigenvalue weighted by Crippen LogP contribution is 2.42. The van der Waals surface area contributed by atoms with Gasteiger partial charge in [-0.15, -0.1) is 0 Å². The zero-order chi connectivity index (χ0) is 41.0. The Balaban J connectivity index is 2.07. The predicted octanol–water partition coefficient (Wildman–Crippen LogP) is 9.32. The third-order valence-electron chi connectivity index (χ3n) is 8.18. The van der Waals surface area contributed by atoms with E-state index in [9.17, 15) is 44.7 Å². The van der Waals surface area contributed by atoms with Gasteiger partial charge in [0.25, 0.3) is 0 Å². The van der Waals surface area contributed by atoms with E-state index in [1.807, 2.05) is 26.0 Å². The number of aryl methyl sites for hydroxylation is 3. The van der Waals surface area contributed by atoms with Gasteiger partial charge in [-0.05, 0) is 102 Å². The lowest BCUT2D eigenvalue weighted by Gasteiger charge is -2.27. The second-order valence-corrected chi connectivity index (χ2v) is 15.4. The van der Waals surface area contributed by atoms with Crippen molar-refractivity contribution in [1.82, 2.24) is 0 Å². The van der Waals surface area contributed by atoms with Crippen molar-refractivity contribution in [2.75, 3.05) is 13.2 Å². The average molecular weight is 819 g/mol. The van der Waals surface area contributed by atoms with Crippen LogP contribution in [0.5, 0.6) is 0 Å². The lowest BCUT2D eigenvalue weighted by Crippen LogP contribution is -2.30. The molecule has 3 aromatic rings. The van der Waals surface area contributed by atoms with Gasteiger partial charge in [0.1, 0.15) is 11.9 Å². The first-order chi connectivity index (χ1) is 24.6. The minimum atomic E-state index is -5.27. The molecule has 300 valence electrons. The second-order valence-electron chi connectivity index (χ2n) is 13.0. The molecule has 0 bridgehead atoms. The first-order valence-electron chi connectivity index (χ1n) is 16.1. The number of rotatable bonds is 15. The van der Waals surface area contributed by atoms with Gasteiger partial charge in [-0.1, -0.05) is 44.5 Å². The Morgan fingerprint density at radius 2 is 1.30 bits per heavy atom. The Kier molecular flexibility index (Phi) is 14.7. The van der Waals surface area contributed by atoms with Gasteiger partial charge in [-0.3, -0.25) is 9.05 Å². The topological polar surface area (TPSA) is 169 Å². The van der Waals surface area contributed by atoms with Gasteiger partial charge in [-0.25, -0.2) is 18.3 Å². The van der Waals surface area contributed by atoms with Crippen molar-refractivity contribution in [2.24, 2.45) is 5.92 Å². The highest BCUT2D eigenvalue weighted by molar-refractivity contribution is 7.46. The Morgan fingerprint density at radius 1 is 0.759 bits per heavy atom. The first kappa shape index (κ1) is 45.1. The van der Waals surface area contributed by atoms with Crippen molar-refractivity contribution in [3.05, 3.63) is 93.3 Å². The Morgan fingerprint density at radius 3 is 1.78 bits per heavy atom. The molecule has 0 aliphatic heterocycles. The highest BCUT2D eigenvalue weighted by atomic mass is 31.2. The van der Waals surface area contributed by atoms with E-state index < -0.39 is 88.0 Å². The molecular formula is C34H39F7O11P2. The zero-order valence-electron chi connectivity index (χ0n) is 29.4. The number of halogens is 7. The van der Waals surface area contributed by atoms with Crippen LogP contribution in [0.4, 0.5) is 35.5 Å². The van der Waals surface area contributed by atoms with Crippen LogP contribution < -0.4 is 0 Å². The van der Waals surface area contributed by atoms with Crippen LogP contribution in [0.25, 0.3) is 11.1 Å². The molecule has 3 rings (SSSR count). The minimum Gasteiger partial charge on any atom is -0.426 e. The Labute approximate surface area is 305 Å². The van der Waals surface area contributed by atoms with Crippen molar-refractivity contribution in [1.29, 1.82) is 0 Å². The maximum absolute atomic E-state index is 14.8. The van der Waals surface area contributed by atoms with E-state index in [0.29, 0.717) is 39.9 Å². The summed E-state index contributed by atoms with van der Waals surface area (Å²) < 4.78 is 139. The molecule has 3 aromatic carbocycles. The number of phosphoric ester groups is 2. The molecule has 0 unspecified atom stereocenters. The summed E-state index contributed by atoms with van der Waals surface area (Å²) in [4.78, 5) is 49.2. The number of benzene rings is 3. The van der Waals surface area contributed by atoms with E-state index in [4.69, 9.17) is 29.0 Å². The van der Waals surface area contributed by atoms with Crippen LogP contribution >= 0.6 is 15.6 Å². The minimum absolute atomic E-state index is 0.0324. The largest absolute Gasteiger partial charge is 0.509 e. The normalized spacial score (nSPS) is 14.0. The fraction of sp³-hybridized carbons (Fsp3) is 0.441. The molecular weight excluding hydrogens is 779 g/mol. The molecule has 0 aromatic heterocycles. The number of carbonyl (C=O) groups is 1. The molecule has 0 amide bonds. The van der Waals surface area contributed by atoms with Gasteiger partial charge >= 0.3 is 34.2 Å². The van der Waals surface area contributed by atoms with Crippen molar-refractivity contribution >= 4 is 21.8 Å². The zero-order valence-corrected chi connectivity index (χ0v) is 31.2. The molecule has 11 nitrogen and oxygen atoms in total. The van der Waals surface area contributed by atoms with Crippen molar-refractivity contribution in [3.63, 3.8) is 0 Å². The van der Waals surface area contributed by atoms with Gasteiger partial charge < -0.3 is 29.0 Å². The fourth-order valence-electron chi connectivity index (χ4n) is 5.55. The van der Waals surface area contributed by atoms with Crippen LogP contribution in [0.3, 0.4) is 0 Å². The van der Waals surface area contributed by atoms with Crippen LogP contribution in [-0.2, 0) is 46.4 Å². The SMILES string of the molecule is Cc1ccc(-c2cc(C(C)C)c(F)cc2C)c(CC[C@@H](C)[C@H](OC(=O)OC(COP(=O)(O)O)COP(=O)(O)O)c2cc(C(F)(F)F)cc(C(F)(F)F)c2)c1. The molecule has 54 heavy (non-hydrogen) atoms. The van der Waals surface area contributed by atoms with Crippen LogP contribution in [-0.4, -0.2) is 45.0 Å². The van der Waals surface area contributed by atoms with E-state index in [0.717, 1.165) is 5.56 Å². The summed E-state index contributed by atoms with van der Waals surface area (Å²) >= 11 is 0. The van der Waals surface area contributed by atoms with E-state index in [-0.39, 0.29) is 24.8 Å². The molecule has 0 aliphatic rings. The standard InChI is InChI=1S/C34H39F7O11P2/c1-18(2)28-15-29(21(5)11-30(28)35)27-9-6-19(3)10-22(27)8-7-20(4)31(23-12-24(33(36,37)38)14-25(13-23)34(39,40)41)52-32(42)51-26(16-49-53(43,44)45)17-50-54(46,47)48/h6,9-15,18,20,26,31H,7-8,16-17H2,1-5H3,(H2,43,44,45)(H2,46,47,48)/t20-,31+/m1/s1. The molecule has 20 heteroatoms. The highest BCUT2D eigenvalue weighted by Gasteiger charge is 2.39. The second kappa shape index (κ2) is 17.6.